The van der Waals surface area contributed by atoms with Crippen molar-refractivity contribution in [3.05, 3.63) is 24.0 Å². The van der Waals surface area contributed by atoms with Gasteiger partial charge >= 0.3 is 0 Å². The van der Waals surface area contributed by atoms with E-state index in [9.17, 15) is 9.18 Å². The van der Waals surface area contributed by atoms with Crippen LogP contribution in [0.4, 0.5) is 10.1 Å². The van der Waals surface area contributed by atoms with E-state index in [1.807, 2.05) is 13.8 Å². The molecule has 0 spiro atoms. The molecule has 1 aromatic rings. The summed E-state index contributed by atoms with van der Waals surface area (Å²) in [4.78, 5) is 11.4. The number of methoxy groups -OCH3 is 1. The molecular formula is C12H17FN2O2. The fraction of sp³-hybridized carbons (Fsp3) is 0.417. The zero-order valence-electron chi connectivity index (χ0n) is 10.2. The number of hydrogen-bond donors (Lipinski definition) is 2. The van der Waals surface area contributed by atoms with Gasteiger partial charge in [0.15, 0.2) is 11.6 Å². The summed E-state index contributed by atoms with van der Waals surface area (Å²) in [5, 5.41) is 5.64. The van der Waals surface area contributed by atoms with E-state index in [4.69, 9.17) is 4.74 Å². The molecule has 0 aliphatic rings. The van der Waals surface area contributed by atoms with Crippen LogP contribution in [0.1, 0.15) is 13.8 Å². The van der Waals surface area contributed by atoms with E-state index in [1.54, 1.807) is 6.07 Å². The minimum atomic E-state index is -0.426. The SMILES string of the molecule is COc1cc(NCC(=O)NC(C)C)ccc1F. The molecule has 1 rings (SSSR count). The third kappa shape index (κ3) is 4.30. The van der Waals surface area contributed by atoms with E-state index < -0.39 is 5.82 Å². The normalized spacial score (nSPS) is 10.2. The van der Waals surface area contributed by atoms with Gasteiger partial charge in [0.2, 0.25) is 5.91 Å². The van der Waals surface area contributed by atoms with Gasteiger partial charge in [0.05, 0.1) is 13.7 Å². The van der Waals surface area contributed by atoms with Crippen LogP contribution < -0.4 is 15.4 Å². The fourth-order valence-electron chi connectivity index (χ4n) is 1.33. The van der Waals surface area contributed by atoms with E-state index in [1.165, 1.54) is 19.2 Å². The minimum Gasteiger partial charge on any atom is -0.494 e. The van der Waals surface area contributed by atoms with Crippen molar-refractivity contribution in [1.82, 2.24) is 5.32 Å². The fourth-order valence-corrected chi connectivity index (χ4v) is 1.33. The largest absolute Gasteiger partial charge is 0.494 e. The second kappa shape index (κ2) is 6.08. The summed E-state index contributed by atoms with van der Waals surface area (Å²) in [6.45, 7) is 3.92. The second-order valence-corrected chi connectivity index (χ2v) is 3.93. The third-order valence-electron chi connectivity index (χ3n) is 2.05. The summed E-state index contributed by atoms with van der Waals surface area (Å²) in [6.07, 6.45) is 0. The summed E-state index contributed by atoms with van der Waals surface area (Å²) in [5.41, 5.74) is 0.641. The Labute approximate surface area is 100 Å². The Bertz CT molecular complexity index is 394. The predicted molar refractivity (Wildman–Crippen MR) is 64.7 cm³/mol. The van der Waals surface area contributed by atoms with Crippen LogP contribution in [-0.4, -0.2) is 25.6 Å². The van der Waals surface area contributed by atoms with E-state index >= 15 is 0 Å². The molecule has 0 bridgehead atoms. The highest BCUT2D eigenvalue weighted by atomic mass is 19.1. The monoisotopic (exact) mass is 240 g/mol. The maximum atomic E-state index is 13.1. The van der Waals surface area contributed by atoms with Crippen molar-refractivity contribution in [2.24, 2.45) is 0 Å². The van der Waals surface area contributed by atoms with Gasteiger partial charge in [-0.05, 0) is 26.0 Å². The lowest BCUT2D eigenvalue weighted by Gasteiger charge is -2.11. The summed E-state index contributed by atoms with van der Waals surface area (Å²) in [7, 11) is 1.40. The van der Waals surface area contributed by atoms with Gasteiger partial charge in [0.25, 0.3) is 0 Å². The Balaban J connectivity index is 2.55. The van der Waals surface area contributed by atoms with Crippen molar-refractivity contribution >= 4 is 11.6 Å². The van der Waals surface area contributed by atoms with E-state index in [-0.39, 0.29) is 24.2 Å². The van der Waals surface area contributed by atoms with Gasteiger partial charge < -0.3 is 15.4 Å². The first-order chi connectivity index (χ1) is 8.02. The molecule has 94 valence electrons. The van der Waals surface area contributed by atoms with E-state index in [0.717, 1.165) is 0 Å². The van der Waals surface area contributed by atoms with Gasteiger partial charge in [-0.1, -0.05) is 0 Å². The first kappa shape index (κ1) is 13.3. The Morgan fingerprint density at radius 2 is 2.18 bits per heavy atom. The number of carbonyl (C=O) groups excluding carboxylic acids is 1. The van der Waals surface area contributed by atoms with Crippen molar-refractivity contribution in [1.29, 1.82) is 0 Å². The summed E-state index contributed by atoms with van der Waals surface area (Å²) in [5.74, 6) is -0.382. The molecule has 4 nitrogen and oxygen atoms in total. The number of anilines is 1. The maximum absolute atomic E-state index is 13.1. The lowest BCUT2D eigenvalue weighted by Crippen LogP contribution is -2.34. The minimum absolute atomic E-state index is 0.104. The van der Waals surface area contributed by atoms with Gasteiger partial charge in [-0.3, -0.25) is 4.79 Å². The maximum Gasteiger partial charge on any atom is 0.239 e. The average Bonchev–Trinajstić information content (AvgIpc) is 2.27. The molecule has 0 heterocycles. The highest BCUT2D eigenvalue weighted by Gasteiger charge is 2.05. The highest BCUT2D eigenvalue weighted by molar-refractivity contribution is 5.80. The molecule has 1 aromatic carbocycles. The van der Waals surface area contributed by atoms with Crippen LogP contribution >= 0.6 is 0 Å². The van der Waals surface area contributed by atoms with Crippen LogP contribution in [0.3, 0.4) is 0 Å². The number of rotatable bonds is 5. The van der Waals surface area contributed by atoms with Gasteiger partial charge in [-0.15, -0.1) is 0 Å². The summed E-state index contributed by atoms with van der Waals surface area (Å²) in [6, 6.07) is 4.46. The molecule has 0 radical (unpaired) electrons. The number of carbonyl (C=O) groups is 1. The number of nitrogens with one attached hydrogen (secondary N) is 2. The highest BCUT2D eigenvalue weighted by Crippen LogP contribution is 2.21. The Hall–Kier alpha value is -1.78. The van der Waals surface area contributed by atoms with Crippen molar-refractivity contribution in [3.8, 4) is 5.75 Å². The number of halogens is 1. The topological polar surface area (TPSA) is 50.4 Å². The lowest BCUT2D eigenvalue weighted by atomic mass is 10.3. The second-order valence-electron chi connectivity index (χ2n) is 3.93. The molecule has 0 aliphatic heterocycles. The number of ether oxygens (including phenoxy) is 1. The van der Waals surface area contributed by atoms with Crippen molar-refractivity contribution < 1.29 is 13.9 Å². The van der Waals surface area contributed by atoms with Crippen molar-refractivity contribution in [2.75, 3.05) is 19.0 Å². The Morgan fingerprint density at radius 1 is 1.47 bits per heavy atom. The number of benzene rings is 1. The lowest BCUT2D eigenvalue weighted by molar-refractivity contribution is -0.119. The zero-order valence-corrected chi connectivity index (χ0v) is 10.2. The molecule has 5 heteroatoms. The molecule has 0 unspecified atom stereocenters. The standard InChI is InChI=1S/C12H17FN2O2/c1-8(2)15-12(16)7-14-9-4-5-10(13)11(6-9)17-3/h4-6,8,14H,7H2,1-3H3,(H,15,16). The van der Waals surface area contributed by atoms with Crippen LogP contribution in [0.25, 0.3) is 0 Å². The molecule has 0 aliphatic carbocycles. The Morgan fingerprint density at radius 3 is 2.76 bits per heavy atom. The number of hydrogen-bond acceptors (Lipinski definition) is 3. The molecule has 0 aromatic heterocycles. The van der Waals surface area contributed by atoms with Crippen LogP contribution in [-0.2, 0) is 4.79 Å². The van der Waals surface area contributed by atoms with Gasteiger partial charge in [0, 0.05) is 17.8 Å². The molecule has 2 N–H and O–H groups in total. The third-order valence-corrected chi connectivity index (χ3v) is 2.05. The molecule has 0 saturated heterocycles. The molecule has 17 heavy (non-hydrogen) atoms. The van der Waals surface area contributed by atoms with Gasteiger partial charge in [0.1, 0.15) is 0 Å². The van der Waals surface area contributed by atoms with Gasteiger partial charge in [-0.2, -0.15) is 0 Å². The molecule has 0 atom stereocenters. The number of amides is 1. The zero-order chi connectivity index (χ0) is 12.8. The van der Waals surface area contributed by atoms with Crippen LogP contribution in [0.15, 0.2) is 18.2 Å². The average molecular weight is 240 g/mol. The summed E-state index contributed by atoms with van der Waals surface area (Å²) >= 11 is 0. The molecule has 0 saturated carbocycles. The predicted octanol–water partition coefficient (Wildman–Crippen LogP) is 1.77. The first-order valence-electron chi connectivity index (χ1n) is 5.39. The molecule has 0 fully saturated rings. The first-order valence-corrected chi connectivity index (χ1v) is 5.39. The molecule has 1 amide bonds. The van der Waals surface area contributed by atoms with Crippen molar-refractivity contribution in [2.45, 2.75) is 19.9 Å². The quantitative estimate of drug-likeness (QED) is 0.824. The van der Waals surface area contributed by atoms with Crippen molar-refractivity contribution in [3.63, 3.8) is 0 Å². The van der Waals surface area contributed by atoms with E-state index in [2.05, 4.69) is 10.6 Å². The van der Waals surface area contributed by atoms with Crippen LogP contribution in [0.2, 0.25) is 0 Å². The van der Waals surface area contributed by atoms with Crippen LogP contribution in [0, 0.1) is 5.82 Å². The van der Waals surface area contributed by atoms with Gasteiger partial charge in [-0.25, -0.2) is 4.39 Å². The smallest absolute Gasteiger partial charge is 0.239 e. The molecular weight excluding hydrogens is 223 g/mol. The van der Waals surface area contributed by atoms with Crippen LogP contribution in [0.5, 0.6) is 5.75 Å². The van der Waals surface area contributed by atoms with E-state index in [0.29, 0.717) is 5.69 Å². The summed E-state index contributed by atoms with van der Waals surface area (Å²) < 4.78 is 18.0. The Kier molecular flexibility index (Phi) is 4.75.